The Morgan fingerprint density at radius 2 is 2.00 bits per heavy atom. The number of aromatic nitrogens is 4. The number of nitrogens with zero attached hydrogens (tertiary/aromatic N) is 4. The van der Waals surface area contributed by atoms with Gasteiger partial charge in [-0.2, -0.15) is 10.2 Å². The average molecular weight is 282 g/mol. The lowest BCUT2D eigenvalue weighted by atomic mass is 10.1. The Morgan fingerprint density at radius 1 is 1.24 bits per heavy atom. The van der Waals surface area contributed by atoms with Gasteiger partial charge in [-0.1, -0.05) is 18.2 Å². The summed E-state index contributed by atoms with van der Waals surface area (Å²) in [5, 5.41) is 17.9. The number of aromatic carboxylic acids is 1. The van der Waals surface area contributed by atoms with E-state index < -0.39 is 5.97 Å². The van der Waals surface area contributed by atoms with Crippen LogP contribution in [0.3, 0.4) is 0 Å². The highest BCUT2D eigenvalue weighted by Gasteiger charge is 2.18. The first-order valence-corrected chi connectivity index (χ1v) is 6.60. The van der Waals surface area contributed by atoms with Crippen molar-refractivity contribution in [3.63, 3.8) is 0 Å². The second-order valence-corrected chi connectivity index (χ2v) is 4.56. The summed E-state index contributed by atoms with van der Waals surface area (Å²) in [6.45, 7) is 2.69. The molecule has 106 valence electrons. The summed E-state index contributed by atoms with van der Waals surface area (Å²) in [6.07, 6.45) is 4.95. The van der Waals surface area contributed by atoms with E-state index in [1.807, 2.05) is 37.3 Å². The molecule has 0 aliphatic rings. The first-order chi connectivity index (χ1) is 10.2. The largest absolute Gasteiger partial charge is 0.478 e. The maximum Gasteiger partial charge on any atom is 0.339 e. The highest BCUT2D eigenvalue weighted by molar-refractivity contribution is 5.94. The van der Waals surface area contributed by atoms with Gasteiger partial charge in [0.05, 0.1) is 11.9 Å². The van der Waals surface area contributed by atoms with Gasteiger partial charge in [-0.3, -0.25) is 4.68 Å². The van der Waals surface area contributed by atoms with Crippen molar-refractivity contribution >= 4 is 5.97 Å². The smallest absolute Gasteiger partial charge is 0.339 e. The van der Waals surface area contributed by atoms with Gasteiger partial charge in [-0.05, 0) is 19.1 Å². The molecule has 0 bridgehead atoms. The predicted octanol–water partition coefficient (Wildman–Crippen LogP) is 2.45. The zero-order chi connectivity index (χ0) is 14.8. The van der Waals surface area contributed by atoms with Crippen molar-refractivity contribution in [1.82, 2.24) is 19.6 Å². The third-order valence-electron chi connectivity index (χ3n) is 3.20. The van der Waals surface area contributed by atoms with E-state index in [9.17, 15) is 9.90 Å². The fourth-order valence-electron chi connectivity index (χ4n) is 2.12. The highest BCUT2D eigenvalue weighted by Crippen LogP contribution is 2.23. The van der Waals surface area contributed by atoms with E-state index in [-0.39, 0.29) is 5.56 Å². The van der Waals surface area contributed by atoms with Crippen molar-refractivity contribution in [3.8, 4) is 16.9 Å². The molecule has 0 amide bonds. The minimum absolute atomic E-state index is 0.162. The van der Waals surface area contributed by atoms with Crippen LogP contribution in [-0.4, -0.2) is 30.6 Å². The van der Waals surface area contributed by atoms with Crippen molar-refractivity contribution < 1.29 is 9.90 Å². The van der Waals surface area contributed by atoms with Gasteiger partial charge in [0.1, 0.15) is 11.3 Å². The van der Waals surface area contributed by atoms with Gasteiger partial charge in [-0.25, -0.2) is 9.48 Å². The molecule has 6 heteroatoms. The maximum absolute atomic E-state index is 11.4. The lowest BCUT2D eigenvalue weighted by molar-refractivity contribution is 0.0697. The summed E-state index contributed by atoms with van der Waals surface area (Å²) < 4.78 is 3.31. The maximum atomic E-state index is 11.4. The molecule has 6 nitrogen and oxygen atoms in total. The zero-order valence-electron chi connectivity index (χ0n) is 11.5. The van der Waals surface area contributed by atoms with Crippen molar-refractivity contribution in [2.24, 2.45) is 0 Å². The number of carboxylic acid groups (broad SMARTS) is 1. The van der Waals surface area contributed by atoms with E-state index in [0.717, 1.165) is 12.2 Å². The first kappa shape index (κ1) is 13.1. The molecule has 0 saturated carbocycles. The Labute approximate surface area is 121 Å². The van der Waals surface area contributed by atoms with Crippen molar-refractivity contribution in [1.29, 1.82) is 0 Å². The molecule has 0 spiro atoms. The van der Waals surface area contributed by atoms with E-state index in [2.05, 4.69) is 10.2 Å². The molecule has 2 heterocycles. The Hall–Kier alpha value is -2.89. The number of benzene rings is 1. The van der Waals surface area contributed by atoms with Gasteiger partial charge in [0.2, 0.25) is 0 Å². The number of para-hydroxylation sites is 1. The van der Waals surface area contributed by atoms with Crippen molar-refractivity contribution in [3.05, 3.63) is 54.5 Å². The van der Waals surface area contributed by atoms with Crippen LogP contribution < -0.4 is 0 Å². The summed E-state index contributed by atoms with van der Waals surface area (Å²) in [6, 6.07) is 9.41. The van der Waals surface area contributed by atoms with E-state index in [4.69, 9.17) is 0 Å². The lowest BCUT2D eigenvalue weighted by Gasteiger charge is -1.99. The summed E-state index contributed by atoms with van der Waals surface area (Å²) in [5.74, 6) is -1.00. The summed E-state index contributed by atoms with van der Waals surface area (Å²) >= 11 is 0. The highest BCUT2D eigenvalue weighted by atomic mass is 16.4. The van der Waals surface area contributed by atoms with Crippen LogP contribution in [0, 0.1) is 0 Å². The van der Waals surface area contributed by atoms with Crippen LogP contribution in [0.1, 0.15) is 17.3 Å². The number of hydrogen-bond donors (Lipinski definition) is 1. The standard InChI is InChI=1S/C15H14N4O2/c1-2-18-9-11(8-16-18)14-13(15(20)21)10-19(17-14)12-6-4-3-5-7-12/h3-10H,2H2,1H3,(H,20,21). The minimum Gasteiger partial charge on any atom is -0.478 e. The monoisotopic (exact) mass is 282 g/mol. The molecule has 0 fully saturated rings. The van der Waals surface area contributed by atoms with Gasteiger partial charge in [-0.15, -0.1) is 0 Å². The van der Waals surface area contributed by atoms with Crippen molar-refractivity contribution in [2.75, 3.05) is 0 Å². The normalized spacial score (nSPS) is 10.7. The van der Waals surface area contributed by atoms with E-state index in [1.165, 1.54) is 6.20 Å². The second-order valence-electron chi connectivity index (χ2n) is 4.56. The number of aryl methyl sites for hydroxylation is 1. The van der Waals surface area contributed by atoms with Gasteiger partial charge in [0, 0.05) is 24.5 Å². The molecule has 0 aliphatic heterocycles. The van der Waals surface area contributed by atoms with Crippen LogP contribution >= 0.6 is 0 Å². The van der Waals surface area contributed by atoms with Crippen LogP contribution in [0.15, 0.2) is 48.9 Å². The molecule has 0 radical (unpaired) electrons. The summed E-state index contributed by atoms with van der Waals surface area (Å²) in [4.78, 5) is 11.4. The van der Waals surface area contributed by atoms with Gasteiger partial charge in [0.15, 0.2) is 0 Å². The first-order valence-electron chi connectivity index (χ1n) is 6.60. The Bertz CT molecular complexity index is 774. The fraction of sp³-hybridized carbons (Fsp3) is 0.133. The van der Waals surface area contributed by atoms with Gasteiger partial charge < -0.3 is 5.11 Å². The van der Waals surface area contributed by atoms with Crippen LogP contribution in [0.2, 0.25) is 0 Å². The lowest BCUT2D eigenvalue weighted by Crippen LogP contribution is -1.96. The molecule has 2 aromatic heterocycles. The predicted molar refractivity (Wildman–Crippen MR) is 77.4 cm³/mol. The third kappa shape index (κ3) is 2.43. The molecule has 0 saturated heterocycles. The quantitative estimate of drug-likeness (QED) is 0.797. The van der Waals surface area contributed by atoms with E-state index >= 15 is 0 Å². The van der Waals surface area contributed by atoms with Gasteiger partial charge in [0.25, 0.3) is 0 Å². The number of rotatable bonds is 4. The third-order valence-corrected chi connectivity index (χ3v) is 3.20. The number of carbonyl (C=O) groups is 1. The molecule has 21 heavy (non-hydrogen) atoms. The molecule has 3 aromatic rings. The Morgan fingerprint density at radius 3 is 2.62 bits per heavy atom. The Balaban J connectivity index is 2.11. The molecule has 0 aliphatic carbocycles. The molecule has 0 atom stereocenters. The van der Waals surface area contributed by atoms with Crippen molar-refractivity contribution in [2.45, 2.75) is 13.5 Å². The molecular formula is C15H14N4O2. The molecule has 1 N–H and O–H groups in total. The van der Waals surface area contributed by atoms with Crippen LogP contribution in [-0.2, 0) is 6.54 Å². The van der Waals surface area contributed by atoms with E-state index in [0.29, 0.717) is 11.3 Å². The second kappa shape index (κ2) is 5.24. The Kier molecular flexibility index (Phi) is 3.27. The zero-order valence-corrected chi connectivity index (χ0v) is 11.5. The van der Waals surface area contributed by atoms with E-state index in [1.54, 1.807) is 21.8 Å². The molecular weight excluding hydrogens is 268 g/mol. The van der Waals surface area contributed by atoms with Gasteiger partial charge >= 0.3 is 5.97 Å². The van der Waals surface area contributed by atoms with Crippen LogP contribution in [0.4, 0.5) is 0 Å². The molecule has 1 aromatic carbocycles. The summed E-state index contributed by atoms with van der Waals surface area (Å²) in [5.41, 5.74) is 2.10. The van der Waals surface area contributed by atoms with Crippen LogP contribution in [0.5, 0.6) is 0 Å². The summed E-state index contributed by atoms with van der Waals surface area (Å²) in [7, 11) is 0. The fourth-order valence-corrected chi connectivity index (χ4v) is 2.12. The SMILES string of the molecule is CCn1cc(-c2nn(-c3ccccc3)cc2C(=O)O)cn1. The average Bonchev–Trinajstić information content (AvgIpc) is 3.14. The number of hydrogen-bond acceptors (Lipinski definition) is 3. The van der Waals surface area contributed by atoms with Crippen LogP contribution in [0.25, 0.3) is 16.9 Å². The number of carboxylic acids is 1. The molecule has 3 rings (SSSR count). The topological polar surface area (TPSA) is 72.9 Å². The molecule has 0 unspecified atom stereocenters. The minimum atomic E-state index is -1.00.